The molecule has 0 bridgehead atoms. The number of carbonyl (C=O) groups excluding carboxylic acids is 2. The van der Waals surface area contributed by atoms with Crippen LogP contribution in [-0.4, -0.2) is 28.9 Å². The first-order valence-corrected chi connectivity index (χ1v) is 9.24. The number of rotatable bonds is 6. The van der Waals surface area contributed by atoms with Crippen LogP contribution in [-0.2, 0) is 11.2 Å². The normalized spacial score (nSPS) is 10.7. The first-order chi connectivity index (χ1) is 13.4. The molecule has 0 aliphatic heterocycles. The van der Waals surface area contributed by atoms with Crippen LogP contribution in [0.2, 0.25) is 5.02 Å². The summed E-state index contributed by atoms with van der Waals surface area (Å²) in [4.78, 5) is 30.0. The number of benzene rings is 1. The van der Waals surface area contributed by atoms with E-state index in [1.807, 2.05) is 12.1 Å². The van der Waals surface area contributed by atoms with Crippen molar-refractivity contribution in [2.24, 2.45) is 0 Å². The van der Waals surface area contributed by atoms with Gasteiger partial charge in [0.15, 0.2) is 5.78 Å². The van der Waals surface area contributed by atoms with Crippen LogP contribution < -0.4 is 4.90 Å². The number of hydrogen-bond donors (Lipinski definition) is 0. The van der Waals surface area contributed by atoms with Crippen molar-refractivity contribution in [3.8, 4) is 11.1 Å². The Hall–Kier alpha value is -2.99. The van der Waals surface area contributed by atoms with Crippen LogP contribution in [0.1, 0.15) is 35.3 Å². The third-order valence-electron chi connectivity index (χ3n) is 4.38. The number of ketones is 1. The molecule has 0 spiro atoms. The minimum Gasteiger partial charge on any atom is -0.361 e. The lowest BCUT2D eigenvalue weighted by Crippen LogP contribution is -2.25. The number of carbonyl (C=O) groups is 2. The van der Waals surface area contributed by atoms with Crippen molar-refractivity contribution in [3.63, 3.8) is 0 Å². The number of amides is 1. The summed E-state index contributed by atoms with van der Waals surface area (Å²) >= 11 is 6.36. The van der Waals surface area contributed by atoms with Crippen LogP contribution in [0.3, 0.4) is 0 Å². The highest BCUT2D eigenvalue weighted by molar-refractivity contribution is 6.34. The molecule has 3 aromatic rings. The molecule has 1 aromatic carbocycles. The standard InChI is InChI=1S/C21H20ClN3O3/c1-4-21(27)25(3)19-8-6-14(10-17(19)22)15-5-7-18(23-12-15)20(26)11-16-9-13(2)24-28-16/h5-10,12H,4,11H2,1-3H3. The summed E-state index contributed by atoms with van der Waals surface area (Å²) in [5.74, 6) is 0.360. The summed E-state index contributed by atoms with van der Waals surface area (Å²) < 4.78 is 5.08. The number of halogens is 1. The van der Waals surface area contributed by atoms with E-state index in [1.54, 1.807) is 51.4 Å². The maximum absolute atomic E-state index is 12.3. The molecular weight excluding hydrogens is 378 g/mol. The average molecular weight is 398 g/mol. The summed E-state index contributed by atoms with van der Waals surface area (Å²) in [6.45, 7) is 3.61. The minimum atomic E-state index is -0.143. The van der Waals surface area contributed by atoms with Crippen LogP contribution >= 0.6 is 11.6 Å². The molecule has 0 unspecified atom stereocenters. The van der Waals surface area contributed by atoms with Crippen molar-refractivity contribution in [2.45, 2.75) is 26.7 Å². The Morgan fingerprint density at radius 1 is 1.14 bits per heavy atom. The Morgan fingerprint density at radius 3 is 2.46 bits per heavy atom. The van der Waals surface area contributed by atoms with Gasteiger partial charge in [-0.25, -0.2) is 0 Å². The van der Waals surface area contributed by atoms with E-state index in [0.29, 0.717) is 28.6 Å². The second-order valence-electron chi connectivity index (χ2n) is 6.44. The Morgan fingerprint density at radius 2 is 1.89 bits per heavy atom. The highest BCUT2D eigenvalue weighted by Crippen LogP contribution is 2.31. The van der Waals surface area contributed by atoms with E-state index in [2.05, 4.69) is 10.1 Å². The van der Waals surface area contributed by atoms with E-state index < -0.39 is 0 Å². The van der Waals surface area contributed by atoms with Gasteiger partial charge in [-0.1, -0.05) is 35.8 Å². The van der Waals surface area contributed by atoms with Crippen LogP contribution in [0.5, 0.6) is 0 Å². The zero-order valence-corrected chi connectivity index (χ0v) is 16.7. The van der Waals surface area contributed by atoms with Crippen molar-refractivity contribution in [1.29, 1.82) is 0 Å². The van der Waals surface area contributed by atoms with Crippen LogP contribution in [0.4, 0.5) is 5.69 Å². The second kappa shape index (κ2) is 8.35. The molecule has 28 heavy (non-hydrogen) atoms. The van der Waals surface area contributed by atoms with E-state index >= 15 is 0 Å². The Kier molecular flexibility index (Phi) is 5.90. The third-order valence-corrected chi connectivity index (χ3v) is 4.68. The molecule has 0 radical (unpaired) electrons. The highest BCUT2D eigenvalue weighted by atomic mass is 35.5. The quantitative estimate of drug-likeness (QED) is 0.572. The number of aryl methyl sites for hydroxylation is 1. The van der Waals surface area contributed by atoms with Gasteiger partial charge in [-0.3, -0.25) is 14.6 Å². The number of hydrogen-bond acceptors (Lipinski definition) is 5. The van der Waals surface area contributed by atoms with E-state index in [9.17, 15) is 9.59 Å². The van der Waals surface area contributed by atoms with Gasteiger partial charge in [0.2, 0.25) is 5.91 Å². The lowest BCUT2D eigenvalue weighted by molar-refractivity contribution is -0.118. The van der Waals surface area contributed by atoms with Crippen LogP contribution in [0, 0.1) is 6.92 Å². The van der Waals surface area contributed by atoms with E-state index in [4.69, 9.17) is 16.1 Å². The van der Waals surface area contributed by atoms with E-state index in [1.165, 1.54) is 4.90 Å². The molecule has 0 saturated carbocycles. The van der Waals surface area contributed by atoms with Crippen molar-refractivity contribution in [3.05, 3.63) is 64.8 Å². The molecule has 0 N–H and O–H groups in total. The van der Waals surface area contributed by atoms with Gasteiger partial charge in [0.1, 0.15) is 11.5 Å². The first-order valence-electron chi connectivity index (χ1n) is 8.87. The maximum Gasteiger partial charge on any atom is 0.226 e. The van der Waals surface area contributed by atoms with Gasteiger partial charge in [0.25, 0.3) is 0 Å². The van der Waals surface area contributed by atoms with Crippen LogP contribution in [0.25, 0.3) is 11.1 Å². The van der Waals surface area contributed by atoms with E-state index in [0.717, 1.165) is 16.8 Å². The number of anilines is 1. The zero-order chi connectivity index (χ0) is 20.3. The van der Waals surface area contributed by atoms with Crippen LogP contribution in [0.15, 0.2) is 47.1 Å². The largest absolute Gasteiger partial charge is 0.361 e. The van der Waals surface area contributed by atoms with E-state index in [-0.39, 0.29) is 18.1 Å². The van der Waals surface area contributed by atoms with Gasteiger partial charge < -0.3 is 9.42 Å². The fourth-order valence-electron chi connectivity index (χ4n) is 2.81. The molecule has 0 fully saturated rings. The van der Waals surface area contributed by atoms with Crippen molar-refractivity contribution >= 4 is 29.0 Å². The van der Waals surface area contributed by atoms with Crippen molar-refractivity contribution in [2.75, 3.05) is 11.9 Å². The Bertz CT molecular complexity index is 1010. The molecule has 3 rings (SSSR count). The molecule has 7 heteroatoms. The number of nitrogens with zero attached hydrogens (tertiary/aromatic N) is 3. The van der Waals surface area contributed by atoms with Gasteiger partial charge >= 0.3 is 0 Å². The molecule has 0 saturated heterocycles. The SMILES string of the molecule is CCC(=O)N(C)c1ccc(-c2ccc(C(=O)Cc3cc(C)no3)nc2)cc1Cl. The molecule has 2 aromatic heterocycles. The third kappa shape index (κ3) is 4.28. The average Bonchev–Trinajstić information content (AvgIpc) is 3.11. The smallest absolute Gasteiger partial charge is 0.226 e. The molecule has 0 atom stereocenters. The molecule has 6 nitrogen and oxygen atoms in total. The molecule has 1 amide bonds. The topological polar surface area (TPSA) is 76.3 Å². The lowest BCUT2D eigenvalue weighted by Gasteiger charge is -2.18. The Balaban J connectivity index is 1.77. The predicted molar refractivity (Wildman–Crippen MR) is 108 cm³/mol. The second-order valence-corrected chi connectivity index (χ2v) is 6.85. The number of aromatic nitrogens is 2. The van der Waals surface area contributed by atoms with Gasteiger partial charge in [-0.05, 0) is 30.7 Å². The highest BCUT2D eigenvalue weighted by Gasteiger charge is 2.15. The minimum absolute atomic E-state index is 0.0128. The summed E-state index contributed by atoms with van der Waals surface area (Å²) in [7, 11) is 1.70. The fraction of sp³-hybridized carbons (Fsp3) is 0.238. The van der Waals surface area contributed by atoms with Gasteiger partial charge in [0, 0.05) is 31.3 Å². The zero-order valence-electron chi connectivity index (χ0n) is 15.9. The molecule has 0 aliphatic rings. The monoisotopic (exact) mass is 397 g/mol. The molecule has 2 heterocycles. The summed E-state index contributed by atoms with van der Waals surface area (Å²) in [5.41, 5.74) is 3.42. The fourth-order valence-corrected chi connectivity index (χ4v) is 3.12. The summed E-state index contributed by atoms with van der Waals surface area (Å²) in [6.07, 6.45) is 2.15. The molecule has 144 valence electrons. The van der Waals surface area contributed by atoms with Gasteiger partial charge in [-0.2, -0.15) is 0 Å². The van der Waals surface area contributed by atoms with Gasteiger partial charge in [-0.15, -0.1) is 0 Å². The summed E-state index contributed by atoms with van der Waals surface area (Å²) in [5, 5.41) is 4.25. The number of Topliss-reactive ketones (excluding diaryl/α,β-unsaturated/α-hetero) is 1. The maximum atomic E-state index is 12.3. The summed E-state index contributed by atoms with van der Waals surface area (Å²) in [6, 6.07) is 10.7. The number of pyridine rings is 1. The Labute approximate surface area is 168 Å². The van der Waals surface area contributed by atoms with Crippen molar-refractivity contribution in [1.82, 2.24) is 10.1 Å². The predicted octanol–water partition coefficient (Wildman–Crippen LogP) is 4.50. The van der Waals surface area contributed by atoms with Crippen molar-refractivity contribution < 1.29 is 14.1 Å². The van der Waals surface area contributed by atoms with Gasteiger partial charge in [0.05, 0.1) is 22.8 Å². The first kappa shape index (κ1) is 19.8. The molecule has 0 aliphatic carbocycles. The molecular formula is C21H20ClN3O3. The lowest BCUT2D eigenvalue weighted by atomic mass is 10.1.